The van der Waals surface area contributed by atoms with Gasteiger partial charge in [0.15, 0.2) is 0 Å². The van der Waals surface area contributed by atoms with Crippen molar-refractivity contribution in [3.63, 3.8) is 0 Å². The number of carboxylic acids is 1. The van der Waals surface area contributed by atoms with Crippen molar-refractivity contribution >= 4 is 28.9 Å². The van der Waals surface area contributed by atoms with Gasteiger partial charge in [0.2, 0.25) is 5.91 Å². The minimum absolute atomic E-state index is 0.0291. The largest absolute Gasteiger partial charge is 0.477 e. The predicted molar refractivity (Wildman–Crippen MR) is 119 cm³/mol. The third-order valence-corrected chi connectivity index (χ3v) is 8.81. The van der Waals surface area contributed by atoms with E-state index in [1.165, 1.54) is 30.6 Å². The molecule has 166 valence electrons. The number of rotatable bonds is 5. The molecule has 1 heterocycles. The van der Waals surface area contributed by atoms with E-state index in [9.17, 15) is 19.8 Å². The van der Waals surface area contributed by atoms with Gasteiger partial charge in [0.05, 0.1) is 11.8 Å². The summed E-state index contributed by atoms with van der Waals surface area (Å²) in [5.74, 6) is 0.183. The number of carbonyl (C=O) groups excluding carboxylic acids is 1. The van der Waals surface area contributed by atoms with Crippen molar-refractivity contribution in [3.8, 4) is 0 Å². The molecule has 2 unspecified atom stereocenters. The second kappa shape index (κ2) is 9.39. The second-order valence-corrected chi connectivity index (χ2v) is 10.9. The van der Waals surface area contributed by atoms with Crippen molar-refractivity contribution in [1.29, 1.82) is 0 Å². The molecule has 0 saturated heterocycles. The Labute approximate surface area is 183 Å². The van der Waals surface area contributed by atoms with Crippen molar-refractivity contribution in [2.24, 2.45) is 11.8 Å². The average Bonchev–Trinajstić information content (AvgIpc) is 3.36. The molecule has 3 aliphatic carbocycles. The van der Waals surface area contributed by atoms with Crippen molar-refractivity contribution in [3.05, 3.63) is 15.8 Å². The molecule has 30 heavy (non-hydrogen) atoms. The Balaban J connectivity index is 1.68. The first kappa shape index (κ1) is 21.8. The number of aromatic carboxylic acids is 1. The van der Waals surface area contributed by atoms with Gasteiger partial charge >= 0.3 is 5.97 Å². The highest BCUT2D eigenvalue weighted by molar-refractivity contribution is 7.14. The molecular formula is C24H35NO4S. The van der Waals surface area contributed by atoms with Gasteiger partial charge in [-0.3, -0.25) is 4.79 Å². The summed E-state index contributed by atoms with van der Waals surface area (Å²) in [6, 6.07) is 1.91. The van der Waals surface area contributed by atoms with Crippen LogP contribution in [0.1, 0.15) is 104 Å². The molecule has 1 aromatic heterocycles. The fourth-order valence-electron chi connectivity index (χ4n) is 5.69. The van der Waals surface area contributed by atoms with Gasteiger partial charge in [-0.2, -0.15) is 0 Å². The van der Waals surface area contributed by atoms with E-state index in [1.54, 1.807) is 0 Å². The lowest BCUT2D eigenvalue weighted by Gasteiger charge is -2.34. The summed E-state index contributed by atoms with van der Waals surface area (Å²) in [4.78, 5) is 29.1. The van der Waals surface area contributed by atoms with Gasteiger partial charge in [-0.05, 0) is 75.7 Å². The SMILES string of the molecule is CC1CCC(C(=O)N(c2cc(C3CCCCC3)sc2C(=O)O)C2CCC(O)C2)CC1. The normalized spacial score (nSPS) is 30.3. The van der Waals surface area contributed by atoms with Crippen LogP contribution in [0.25, 0.3) is 0 Å². The summed E-state index contributed by atoms with van der Waals surface area (Å²) < 4.78 is 0. The smallest absolute Gasteiger partial charge is 0.348 e. The van der Waals surface area contributed by atoms with Crippen molar-refractivity contribution in [2.75, 3.05) is 4.90 Å². The Kier molecular flexibility index (Phi) is 6.83. The molecule has 0 spiro atoms. The molecule has 3 aliphatic rings. The Morgan fingerprint density at radius 3 is 2.30 bits per heavy atom. The number of aliphatic hydroxyl groups is 1. The van der Waals surface area contributed by atoms with Crippen LogP contribution in [0, 0.1) is 11.8 Å². The van der Waals surface area contributed by atoms with Crippen LogP contribution in [0.15, 0.2) is 6.07 Å². The maximum Gasteiger partial charge on any atom is 0.348 e. The molecule has 5 nitrogen and oxygen atoms in total. The molecule has 0 radical (unpaired) electrons. The molecule has 2 atom stereocenters. The van der Waals surface area contributed by atoms with E-state index < -0.39 is 12.1 Å². The van der Waals surface area contributed by atoms with Gasteiger partial charge < -0.3 is 15.1 Å². The Morgan fingerprint density at radius 1 is 1.00 bits per heavy atom. The molecule has 0 aliphatic heterocycles. The number of hydrogen-bond acceptors (Lipinski definition) is 4. The fraction of sp³-hybridized carbons (Fsp3) is 0.750. The second-order valence-electron chi connectivity index (χ2n) is 9.79. The number of amides is 1. The molecule has 1 aromatic rings. The zero-order chi connectivity index (χ0) is 21.3. The summed E-state index contributed by atoms with van der Waals surface area (Å²) >= 11 is 1.37. The number of carboxylic acid groups (broad SMARTS) is 1. The topological polar surface area (TPSA) is 77.8 Å². The Morgan fingerprint density at radius 2 is 1.70 bits per heavy atom. The van der Waals surface area contributed by atoms with E-state index in [1.807, 2.05) is 11.0 Å². The van der Waals surface area contributed by atoms with Crippen molar-refractivity contribution in [2.45, 2.75) is 102 Å². The molecule has 3 fully saturated rings. The molecule has 4 rings (SSSR count). The maximum atomic E-state index is 13.7. The lowest BCUT2D eigenvalue weighted by molar-refractivity contribution is -0.124. The van der Waals surface area contributed by atoms with Crippen LogP contribution >= 0.6 is 11.3 Å². The van der Waals surface area contributed by atoms with Crippen LogP contribution in [0.5, 0.6) is 0 Å². The molecular weight excluding hydrogens is 398 g/mol. The summed E-state index contributed by atoms with van der Waals surface area (Å²) in [5, 5.41) is 20.1. The quantitative estimate of drug-likeness (QED) is 0.637. The number of anilines is 1. The first-order chi connectivity index (χ1) is 14.4. The average molecular weight is 434 g/mol. The number of nitrogens with zero attached hydrogens (tertiary/aromatic N) is 1. The summed E-state index contributed by atoms with van der Waals surface area (Å²) in [5.41, 5.74) is 0.593. The van der Waals surface area contributed by atoms with Crippen LogP contribution in [0.3, 0.4) is 0 Å². The lowest BCUT2D eigenvalue weighted by atomic mass is 9.82. The third kappa shape index (κ3) is 4.59. The minimum Gasteiger partial charge on any atom is -0.477 e. The third-order valence-electron chi connectivity index (χ3n) is 7.54. The van der Waals surface area contributed by atoms with E-state index in [0.29, 0.717) is 35.2 Å². The lowest BCUT2D eigenvalue weighted by Crippen LogP contribution is -2.44. The predicted octanol–water partition coefficient (Wildman–Crippen LogP) is 5.57. The molecule has 6 heteroatoms. The fourth-order valence-corrected chi connectivity index (χ4v) is 6.85. The van der Waals surface area contributed by atoms with Crippen LogP contribution in [-0.2, 0) is 4.79 Å². The maximum absolute atomic E-state index is 13.7. The van der Waals surface area contributed by atoms with Crippen LogP contribution in [0.4, 0.5) is 5.69 Å². The zero-order valence-corrected chi connectivity index (χ0v) is 18.8. The molecule has 0 bridgehead atoms. The number of aliphatic hydroxyl groups excluding tert-OH is 1. The number of thiophene rings is 1. The standard InChI is InChI=1S/C24H35NO4S/c1-15-7-9-17(10-8-15)23(27)25(18-11-12-19(26)13-18)20-14-21(30-22(20)24(28)29)16-5-3-2-4-6-16/h14-19,26H,2-13H2,1H3,(H,28,29). The van der Waals surface area contributed by atoms with Gasteiger partial charge in [0, 0.05) is 16.8 Å². The molecule has 1 amide bonds. The van der Waals surface area contributed by atoms with E-state index in [2.05, 4.69) is 6.92 Å². The van der Waals surface area contributed by atoms with Crippen molar-refractivity contribution in [1.82, 2.24) is 0 Å². The van der Waals surface area contributed by atoms with Gasteiger partial charge in [-0.1, -0.05) is 26.2 Å². The highest BCUT2D eigenvalue weighted by Gasteiger charge is 2.39. The van der Waals surface area contributed by atoms with Gasteiger partial charge in [0.1, 0.15) is 4.88 Å². The van der Waals surface area contributed by atoms with E-state index in [-0.39, 0.29) is 17.9 Å². The first-order valence-corrected chi connectivity index (χ1v) is 12.6. The Bertz CT molecular complexity index is 761. The van der Waals surface area contributed by atoms with Gasteiger partial charge in [-0.25, -0.2) is 4.79 Å². The molecule has 3 saturated carbocycles. The monoisotopic (exact) mass is 433 g/mol. The molecule has 0 aromatic carbocycles. The van der Waals surface area contributed by atoms with Gasteiger partial charge in [-0.15, -0.1) is 11.3 Å². The van der Waals surface area contributed by atoms with E-state index in [0.717, 1.165) is 49.8 Å². The summed E-state index contributed by atoms with van der Waals surface area (Å²) in [6.07, 6.45) is 11.3. The minimum atomic E-state index is -0.939. The van der Waals surface area contributed by atoms with Gasteiger partial charge in [0.25, 0.3) is 0 Å². The first-order valence-electron chi connectivity index (χ1n) is 11.8. The van der Waals surface area contributed by atoms with Crippen LogP contribution in [0.2, 0.25) is 0 Å². The highest BCUT2D eigenvalue weighted by Crippen LogP contribution is 2.43. The summed E-state index contributed by atoms with van der Waals surface area (Å²) in [6.45, 7) is 2.24. The number of hydrogen-bond donors (Lipinski definition) is 2. The van der Waals surface area contributed by atoms with Crippen molar-refractivity contribution < 1.29 is 19.8 Å². The zero-order valence-electron chi connectivity index (χ0n) is 18.0. The highest BCUT2D eigenvalue weighted by atomic mass is 32.1. The van der Waals surface area contributed by atoms with Crippen LogP contribution < -0.4 is 4.90 Å². The Hall–Kier alpha value is -1.40. The summed E-state index contributed by atoms with van der Waals surface area (Å²) in [7, 11) is 0. The molecule has 2 N–H and O–H groups in total. The van der Waals surface area contributed by atoms with E-state index in [4.69, 9.17) is 0 Å². The number of carbonyl (C=O) groups is 2. The van der Waals surface area contributed by atoms with E-state index >= 15 is 0 Å². The van der Waals surface area contributed by atoms with Crippen LogP contribution in [-0.4, -0.2) is 34.2 Å².